The molecule has 0 spiro atoms. The van der Waals surface area contributed by atoms with E-state index in [1.807, 2.05) is 0 Å². The lowest BCUT2D eigenvalue weighted by Crippen LogP contribution is -2.23. The third-order valence-electron chi connectivity index (χ3n) is 3.97. The van der Waals surface area contributed by atoms with Crippen LogP contribution in [0.3, 0.4) is 0 Å². The predicted octanol–water partition coefficient (Wildman–Crippen LogP) is 0.574. The van der Waals surface area contributed by atoms with Crippen molar-refractivity contribution in [1.29, 1.82) is 0 Å². The predicted molar refractivity (Wildman–Crippen MR) is 72.2 cm³/mol. The van der Waals surface area contributed by atoms with Crippen molar-refractivity contribution in [3.63, 3.8) is 0 Å². The van der Waals surface area contributed by atoms with Crippen molar-refractivity contribution < 1.29 is 4.79 Å². The minimum Gasteiger partial charge on any atom is -0.311 e. The lowest BCUT2D eigenvalue weighted by Gasteiger charge is -2.20. The van der Waals surface area contributed by atoms with Gasteiger partial charge in [-0.1, -0.05) is 0 Å². The quantitative estimate of drug-likeness (QED) is 0.708. The number of aromatic amines is 1. The zero-order valence-corrected chi connectivity index (χ0v) is 11.0. The number of fused-ring (bicyclic) bond motifs is 2. The number of nitrogens with zero attached hydrogens (tertiary/aromatic N) is 3. The Hall–Kier alpha value is -2.15. The third kappa shape index (κ3) is 1.82. The monoisotopic (exact) mass is 272 g/mol. The number of hydrogen-bond acceptors (Lipinski definition) is 4. The van der Waals surface area contributed by atoms with Gasteiger partial charge in [-0.2, -0.15) is 10.2 Å². The highest BCUT2D eigenvalue weighted by Gasteiger charge is 2.30. The van der Waals surface area contributed by atoms with Gasteiger partial charge < -0.3 is 10.6 Å². The van der Waals surface area contributed by atoms with Crippen molar-refractivity contribution >= 4 is 11.7 Å². The first kappa shape index (κ1) is 11.7. The summed E-state index contributed by atoms with van der Waals surface area (Å²) >= 11 is 0. The van der Waals surface area contributed by atoms with Crippen molar-refractivity contribution in [1.82, 2.24) is 25.3 Å². The van der Waals surface area contributed by atoms with Gasteiger partial charge in [0.25, 0.3) is 0 Å². The van der Waals surface area contributed by atoms with Crippen LogP contribution in [0.1, 0.15) is 35.7 Å². The van der Waals surface area contributed by atoms with E-state index < -0.39 is 0 Å². The number of aryl methyl sites for hydroxylation is 1. The van der Waals surface area contributed by atoms with E-state index in [-0.39, 0.29) is 11.8 Å². The van der Waals surface area contributed by atoms with Crippen LogP contribution in [0.2, 0.25) is 0 Å². The minimum atomic E-state index is -0.00285. The highest BCUT2D eigenvalue weighted by Crippen LogP contribution is 2.35. The molecule has 0 aliphatic carbocycles. The number of aromatic nitrogens is 4. The molecule has 0 radical (unpaired) electrons. The summed E-state index contributed by atoms with van der Waals surface area (Å²) in [5.41, 5.74) is 3.17. The number of nitrogens with one attached hydrogen (secondary N) is 3. The smallest absolute Gasteiger partial charge is 0.226 e. The maximum atomic E-state index is 11.8. The van der Waals surface area contributed by atoms with Crippen LogP contribution in [0.5, 0.6) is 0 Å². The molecule has 0 saturated heterocycles. The Morgan fingerprint density at radius 3 is 3.30 bits per heavy atom. The SMILES string of the molecule is O=C1CC(c2cc3n(n2)CCCNC3)c2cn[nH]c2N1. The average molecular weight is 272 g/mol. The number of carbonyl (C=O) groups is 1. The van der Waals surface area contributed by atoms with E-state index in [9.17, 15) is 4.79 Å². The number of rotatable bonds is 1. The summed E-state index contributed by atoms with van der Waals surface area (Å²) in [6.45, 7) is 2.79. The molecule has 7 heteroatoms. The molecule has 0 aromatic carbocycles. The molecule has 1 amide bonds. The second kappa shape index (κ2) is 4.45. The molecule has 0 fully saturated rings. The molecule has 104 valence electrons. The summed E-state index contributed by atoms with van der Waals surface area (Å²) in [5, 5.41) is 17.7. The standard InChI is InChI=1S/C13H16N6O/c20-12-5-9(10-7-15-17-13(10)16-12)11-4-8-6-14-2-1-3-19(8)18-11/h4,7,9,14H,1-3,5-6H2,(H2,15,16,17,20). The van der Waals surface area contributed by atoms with Gasteiger partial charge >= 0.3 is 0 Å². The Kier molecular flexibility index (Phi) is 2.59. The Morgan fingerprint density at radius 2 is 2.35 bits per heavy atom. The van der Waals surface area contributed by atoms with Crippen LogP contribution in [0, 0.1) is 0 Å². The number of carbonyl (C=O) groups excluding carboxylic acids is 1. The van der Waals surface area contributed by atoms with Crippen LogP contribution < -0.4 is 10.6 Å². The molecule has 0 bridgehead atoms. The number of anilines is 1. The maximum absolute atomic E-state index is 11.8. The molecular weight excluding hydrogens is 256 g/mol. The summed E-state index contributed by atoms with van der Waals surface area (Å²) in [6, 6.07) is 2.11. The fraction of sp³-hybridized carbons (Fsp3) is 0.462. The van der Waals surface area contributed by atoms with Gasteiger partial charge in [0.05, 0.1) is 17.6 Å². The normalized spacial score (nSPS) is 21.8. The third-order valence-corrected chi connectivity index (χ3v) is 3.97. The molecule has 1 unspecified atom stereocenters. The van der Waals surface area contributed by atoms with E-state index in [1.165, 1.54) is 5.69 Å². The van der Waals surface area contributed by atoms with Crippen molar-refractivity contribution in [3.05, 3.63) is 29.2 Å². The van der Waals surface area contributed by atoms with Crippen LogP contribution in [0.25, 0.3) is 0 Å². The van der Waals surface area contributed by atoms with E-state index in [2.05, 4.69) is 31.6 Å². The Labute approximate surface area is 115 Å². The molecule has 2 aromatic rings. The Morgan fingerprint density at radius 1 is 1.40 bits per heavy atom. The lowest BCUT2D eigenvalue weighted by atomic mass is 9.91. The summed E-state index contributed by atoms with van der Waals surface area (Å²) in [4.78, 5) is 11.8. The fourth-order valence-electron chi connectivity index (χ4n) is 2.96. The minimum absolute atomic E-state index is 0.00285. The molecule has 1 atom stereocenters. The molecule has 2 aliphatic rings. The van der Waals surface area contributed by atoms with Crippen LogP contribution in [0.4, 0.5) is 5.82 Å². The fourth-order valence-corrected chi connectivity index (χ4v) is 2.96. The second-order valence-electron chi connectivity index (χ2n) is 5.32. The van der Waals surface area contributed by atoms with Crippen molar-refractivity contribution in [3.8, 4) is 0 Å². The van der Waals surface area contributed by atoms with E-state index in [0.29, 0.717) is 12.2 Å². The van der Waals surface area contributed by atoms with Crippen molar-refractivity contribution in [2.24, 2.45) is 0 Å². The molecule has 4 rings (SSSR count). The lowest BCUT2D eigenvalue weighted by molar-refractivity contribution is -0.116. The highest BCUT2D eigenvalue weighted by atomic mass is 16.1. The Bertz CT molecular complexity index is 634. The molecule has 2 aliphatic heterocycles. The highest BCUT2D eigenvalue weighted by molar-refractivity contribution is 5.94. The van der Waals surface area contributed by atoms with Gasteiger partial charge in [-0.25, -0.2) is 0 Å². The summed E-state index contributed by atoms with van der Waals surface area (Å²) in [5.74, 6) is 0.706. The molecule has 3 N–H and O–H groups in total. The van der Waals surface area contributed by atoms with Gasteiger partial charge in [0.2, 0.25) is 5.91 Å². The van der Waals surface area contributed by atoms with Gasteiger partial charge in [0.1, 0.15) is 5.82 Å². The number of H-pyrrole nitrogens is 1. The first-order chi connectivity index (χ1) is 9.81. The molecule has 4 heterocycles. The first-order valence-corrected chi connectivity index (χ1v) is 6.92. The summed E-state index contributed by atoms with van der Waals surface area (Å²) in [6.07, 6.45) is 3.29. The van der Waals surface area contributed by atoms with Crippen molar-refractivity contribution in [2.45, 2.75) is 31.8 Å². The molecule has 7 nitrogen and oxygen atoms in total. The molecular formula is C13H16N6O. The van der Waals surface area contributed by atoms with E-state index in [0.717, 1.165) is 37.3 Å². The van der Waals surface area contributed by atoms with E-state index in [1.54, 1.807) is 6.20 Å². The van der Waals surface area contributed by atoms with Crippen LogP contribution in [-0.2, 0) is 17.9 Å². The second-order valence-corrected chi connectivity index (χ2v) is 5.32. The average Bonchev–Trinajstić information content (AvgIpc) is 3.00. The number of amides is 1. The molecule has 0 saturated carbocycles. The largest absolute Gasteiger partial charge is 0.311 e. The zero-order valence-electron chi connectivity index (χ0n) is 11.0. The first-order valence-electron chi connectivity index (χ1n) is 6.92. The van der Waals surface area contributed by atoms with Crippen LogP contribution in [-0.4, -0.2) is 32.4 Å². The zero-order chi connectivity index (χ0) is 13.5. The Balaban J connectivity index is 1.73. The van der Waals surface area contributed by atoms with Crippen LogP contribution in [0.15, 0.2) is 12.3 Å². The number of hydrogen-bond donors (Lipinski definition) is 3. The van der Waals surface area contributed by atoms with Gasteiger partial charge in [-0.3, -0.25) is 14.6 Å². The summed E-state index contributed by atoms with van der Waals surface area (Å²) < 4.78 is 2.06. The van der Waals surface area contributed by atoms with Crippen LogP contribution >= 0.6 is 0 Å². The van der Waals surface area contributed by atoms with E-state index in [4.69, 9.17) is 5.10 Å². The molecule has 20 heavy (non-hydrogen) atoms. The molecule has 2 aromatic heterocycles. The maximum Gasteiger partial charge on any atom is 0.226 e. The van der Waals surface area contributed by atoms with E-state index >= 15 is 0 Å². The summed E-state index contributed by atoms with van der Waals surface area (Å²) in [7, 11) is 0. The van der Waals surface area contributed by atoms with Gasteiger partial charge in [-0.15, -0.1) is 0 Å². The van der Waals surface area contributed by atoms with Gasteiger partial charge in [0.15, 0.2) is 0 Å². The topological polar surface area (TPSA) is 87.6 Å². The van der Waals surface area contributed by atoms with Gasteiger partial charge in [0, 0.05) is 31.0 Å². The van der Waals surface area contributed by atoms with Gasteiger partial charge in [-0.05, 0) is 19.0 Å². The van der Waals surface area contributed by atoms with Crippen molar-refractivity contribution in [2.75, 3.05) is 11.9 Å².